The Balaban J connectivity index is 1.79. The molecule has 0 spiro atoms. The zero-order valence-corrected chi connectivity index (χ0v) is 14.2. The predicted octanol–water partition coefficient (Wildman–Crippen LogP) is 0.000500. The maximum absolute atomic E-state index is 9.97. The van der Waals surface area contributed by atoms with Crippen LogP contribution in [0.25, 0.3) is 0 Å². The van der Waals surface area contributed by atoms with Crippen molar-refractivity contribution < 1.29 is 34.6 Å². The Morgan fingerprint density at radius 2 is 2.00 bits per heavy atom. The third kappa shape index (κ3) is 5.78. The van der Waals surface area contributed by atoms with Gasteiger partial charge in [0.1, 0.15) is 24.1 Å². The number of aliphatic hydroxyl groups is 4. The van der Waals surface area contributed by atoms with Crippen LogP contribution in [0.15, 0.2) is 36.4 Å². The molecule has 1 saturated heterocycles. The lowest BCUT2D eigenvalue weighted by Gasteiger charge is -2.37. The lowest BCUT2D eigenvalue weighted by molar-refractivity contribution is -0.181. The van der Waals surface area contributed by atoms with E-state index in [-0.39, 0.29) is 6.42 Å². The summed E-state index contributed by atoms with van der Waals surface area (Å²) in [6.45, 7) is 0.272. The van der Waals surface area contributed by atoms with E-state index in [1.807, 2.05) is 24.3 Å². The molecular weight excluding hydrogens is 328 g/mol. The molecule has 0 amide bonds. The molecule has 1 fully saturated rings. The molecule has 1 aromatic carbocycles. The van der Waals surface area contributed by atoms with Gasteiger partial charge >= 0.3 is 0 Å². The molecule has 1 heterocycles. The van der Waals surface area contributed by atoms with E-state index < -0.39 is 37.1 Å². The van der Waals surface area contributed by atoms with Gasteiger partial charge in [-0.3, -0.25) is 0 Å². The molecular formula is C18H26O7. The fraction of sp³-hybridized carbons (Fsp3) is 0.556. The number of rotatable bonds is 8. The van der Waals surface area contributed by atoms with Gasteiger partial charge in [-0.2, -0.15) is 0 Å². The first-order valence-electron chi connectivity index (χ1n) is 8.23. The number of aliphatic hydroxyl groups excluding tert-OH is 4. The summed E-state index contributed by atoms with van der Waals surface area (Å²) >= 11 is 0. The van der Waals surface area contributed by atoms with Gasteiger partial charge in [-0.05, 0) is 17.7 Å². The highest BCUT2D eigenvalue weighted by Crippen LogP contribution is 2.23. The first kappa shape index (κ1) is 19.8. The van der Waals surface area contributed by atoms with Crippen LogP contribution in [-0.4, -0.2) is 71.3 Å². The summed E-state index contributed by atoms with van der Waals surface area (Å²) in [7, 11) is 1.61. The van der Waals surface area contributed by atoms with Gasteiger partial charge in [0, 0.05) is 6.42 Å². The van der Waals surface area contributed by atoms with Gasteiger partial charge in [-0.15, -0.1) is 0 Å². The van der Waals surface area contributed by atoms with Crippen molar-refractivity contribution in [2.75, 3.05) is 20.3 Å². The summed E-state index contributed by atoms with van der Waals surface area (Å²) < 4.78 is 16.1. The summed E-state index contributed by atoms with van der Waals surface area (Å²) in [5.74, 6) is 0.783. The predicted molar refractivity (Wildman–Crippen MR) is 90.2 cm³/mol. The zero-order valence-electron chi connectivity index (χ0n) is 14.2. The highest BCUT2D eigenvalue weighted by atomic mass is 16.5. The van der Waals surface area contributed by atoms with Crippen molar-refractivity contribution in [2.45, 2.75) is 43.5 Å². The number of benzene rings is 1. The molecule has 7 nitrogen and oxygen atoms in total. The lowest BCUT2D eigenvalue weighted by atomic mass is 9.95. The van der Waals surface area contributed by atoms with E-state index in [9.17, 15) is 15.3 Å². The van der Waals surface area contributed by atoms with E-state index in [1.54, 1.807) is 19.3 Å². The minimum absolute atomic E-state index is 0.0706. The Kier molecular flexibility index (Phi) is 7.83. The van der Waals surface area contributed by atoms with Crippen molar-refractivity contribution in [1.29, 1.82) is 0 Å². The van der Waals surface area contributed by atoms with E-state index in [4.69, 9.17) is 19.3 Å². The van der Waals surface area contributed by atoms with E-state index in [2.05, 4.69) is 0 Å². The fourth-order valence-electron chi connectivity index (χ4n) is 2.62. The third-order valence-corrected chi connectivity index (χ3v) is 4.12. The summed E-state index contributed by atoms with van der Waals surface area (Å²) in [6.07, 6.45) is -1.33. The van der Waals surface area contributed by atoms with Crippen molar-refractivity contribution in [1.82, 2.24) is 0 Å². The number of hydrogen-bond donors (Lipinski definition) is 4. The fourth-order valence-corrected chi connectivity index (χ4v) is 2.62. The average molecular weight is 354 g/mol. The van der Waals surface area contributed by atoms with E-state index in [0.29, 0.717) is 13.2 Å². The standard InChI is InChI=1S/C18H26O7/c1-23-13-6-4-12(5-7-13)11-24-8-2-3-16-18(22)14(20)9-17(25-16)15(21)10-19/h2-7,14-22H,8-11H2,1H3/b3-2+/t14-,15-,16+,17-,18-/m1/s1. The van der Waals surface area contributed by atoms with Gasteiger partial charge in [-0.1, -0.05) is 24.3 Å². The quantitative estimate of drug-likeness (QED) is 0.384. The minimum atomic E-state index is -1.09. The second kappa shape index (κ2) is 9.86. The summed E-state index contributed by atoms with van der Waals surface area (Å²) in [5, 5.41) is 38.5. The first-order chi connectivity index (χ1) is 12.0. The Bertz CT molecular complexity index is 531. The molecule has 4 N–H and O–H groups in total. The maximum atomic E-state index is 9.97. The molecule has 1 aliphatic heterocycles. The highest BCUT2D eigenvalue weighted by Gasteiger charge is 2.37. The van der Waals surface area contributed by atoms with Crippen LogP contribution in [0.2, 0.25) is 0 Å². The Morgan fingerprint density at radius 3 is 2.64 bits per heavy atom. The first-order valence-corrected chi connectivity index (χ1v) is 8.23. The van der Waals surface area contributed by atoms with Crippen LogP contribution in [0.1, 0.15) is 12.0 Å². The molecule has 7 heteroatoms. The van der Waals surface area contributed by atoms with Crippen LogP contribution >= 0.6 is 0 Å². The molecule has 1 aliphatic rings. The molecule has 0 saturated carbocycles. The molecule has 0 aliphatic carbocycles. The lowest BCUT2D eigenvalue weighted by Crippen LogP contribution is -2.51. The van der Waals surface area contributed by atoms with Crippen molar-refractivity contribution in [3.63, 3.8) is 0 Å². The molecule has 0 unspecified atom stereocenters. The summed E-state index contributed by atoms with van der Waals surface area (Å²) in [6, 6.07) is 7.53. The van der Waals surface area contributed by atoms with Gasteiger partial charge in [0.2, 0.25) is 0 Å². The Labute approximate surface area is 147 Å². The Hall–Kier alpha value is -1.48. The van der Waals surface area contributed by atoms with E-state index in [1.165, 1.54) is 0 Å². The largest absolute Gasteiger partial charge is 0.497 e. The smallest absolute Gasteiger partial charge is 0.118 e. The normalized spacial score (nSPS) is 28.2. The SMILES string of the molecule is COc1ccc(COC/C=C/[C@@H]2O[C@@H]([C@H](O)CO)C[C@@H](O)[C@H]2O)cc1. The molecule has 140 valence electrons. The maximum Gasteiger partial charge on any atom is 0.118 e. The molecule has 0 bridgehead atoms. The van der Waals surface area contributed by atoms with Crippen molar-refractivity contribution in [2.24, 2.45) is 0 Å². The van der Waals surface area contributed by atoms with Crippen LogP contribution in [-0.2, 0) is 16.1 Å². The number of hydrogen-bond acceptors (Lipinski definition) is 7. The van der Waals surface area contributed by atoms with Crippen LogP contribution in [0.3, 0.4) is 0 Å². The summed E-state index contributed by atoms with van der Waals surface area (Å²) in [4.78, 5) is 0. The van der Waals surface area contributed by atoms with Crippen LogP contribution in [0.5, 0.6) is 5.75 Å². The van der Waals surface area contributed by atoms with Gasteiger partial charge in [0.15, 0.2) is 0 Å². The van der Waals surface area contributed by atoms with Gasteiger partial charge in [0.25, 0.3) is 0 Å². The zero-order chi connectivity index (χ0) is 18.2. The third-order valence-electron chi connectivity index (χ3n) is 4.12. The topological polar surface area (TPSA) is 109 Å². The molecule has 5 atom stereocenters. The Morgan fingerprint density at radius 1 is 1.28 bits per heavy atom. The number of ether oxygens (including phenoxy) is 3. The second-order valence-electron chi connectivity index (χ2n) is 5.97. The van der Waals surface area contributed by atoms with Crippen molar-refractivity contribution in [3.05, 3.63) is 42.0 Å². The van der Waals surface area contributed by atoms with Crippen molar-refractivity contribution in [3.8, 4) is 5.75 Å². The second-order valence-corrected chi connectivity index (χ2v) is 5.97. The van der Waals surface area contributed by atoms with E-state index in [0.717, 1.165) is 11.3 Å². The van der Waals surface area contributed by atoms with Crippen molar-refractivity contribution >= 4 is 0 Å². The van der Waals surface area contributed by atoms with Crippen LogP contribution in [0.4, 0.5) is 0 Å². The number of methoxy groups -OCH3 is 1. The van der Waals surface area contributed by atoms with Crippen LogP contribution in [0, 0.1) is 0 Å². The average Bonchev–Trinajstić information content (AvgIpc) is 2.64. The van der Waals surface area contributed by atoms with E-state index >= 15 is 0 Å². The molecule has 25 heavy (non-hydrogen) atoms. The van der Waals surface area contributed by atoms with Gasteiger partial charge in [0.05, 0.1) is 39.1 Å². The van der Waals surface area contributed by atoms with Gasteiger partial charge in [-0.25, -0.2) is 0 Å². The molecule has 0 radical (unpaired) electrons. The molecule has 1 aromatic rings. The monoisotopic (exact) mass is 354 g/mol. The minimum Gasteiger partial charge on any atom is -0.497 e. The van der Waals surface area contributed by atoms with Gasteiger partial charge < -0.3 is 34.6 Å². The summed E-state index contributed by atoms with van der Waals surface area (Å²) in [5.41, 5.74) is 1.00. The van der Waals surface area contributed by atoms with Crippen LogP contribution < -0.4 is 4.74 Å². The highest BCUT2D eigenvalue weighted by molar-refractivity contribution is 5.26. The molecule has 2 rings (SSSR count). The molecule has 0 aromatic heterocycles.